The fourth-order valence-electron chi connectivity index (χ4n) is 2.75. The van der Waals surface area contributed by atoms with Crippen LogP contribution in [0.1, 0.15) is 5.56 Å². The minimum Gasteiger partial charge on any atom is -0.370 e. The van der Waals surface area contributed by atoms with Crippen LogP contribution in [0.25, 0.3) is 0 Å². The number of carbonyl (C=O) groups is 2. The number of hydrogen-bond acceptors (Lipinski definition) is 5. The zero-order chi connectivity index (χ0) is 16.9. The lowest BCUT2D eigenvalue weighted by Crippen LogP contribution is -2.64. The Bertz CT molecular complexity index is 723. The maximum atomic E-state index is 12.7. The van der Waals surface area contributed by atoms with Gasteiger partial charge in [0.25, 0.3) is 5.91 Å². The first kappa shape index (κ1) is 15.9. The molecule has 3 rings (SSSR count). The molecule has 0 aliphatic carbocycles. The summed E-state index contributed by atoms with van der Waals surface area (Å²) >= 11 is 11.9. The van der Waals surface area contributed by atoms with Crippen molar-refractivity contribution < 1.29 is 9.59 Å². The first-order valence-corrected chi connectivity index (χ1v) is 7.65. The molecule has 23 heavy (non-hydrogen) atoms. The molecule has 0 bridgehead atoms. The van der Waals surface area contributed by atoms with E-state index >= 15 is 0 Å². The number of aliphatic imine (C=N–C) groups is 1. The van der Waals surface area contributed by atoms with E-state index in [0.29, 0.717) is 15.6 Å². The molecule has 0 saturated carbocycles. The number of nitrogens with zero attached hydrogens (tertiary/aromatic N) is 4. The Labute approximate surface area is 143 Å². The molecule has 122 valence electrons. The summed E-state index contributed by atoms with van der Waals surface area (Å²) in [5, 5.41) is 0.790. The highest BCUT2D eigenvalue weighted by atomic mass is 35.5. The largest absolute Gasteiger partial charge is 0.370 e. The van der Waals surface area contributed by atoms with Crippen molar-refractivity contribution in [2.45, 2.75) is 18.8 Å². The van der Waals surface area contributed by atoms with Gasteiger partial charge in [-0.3, -0.25) is 9.69 Å². The highest BCUT2D eigenvalue weighted by Crippen LogP contribution is 2.28. The molecule has 7 nitrogen and oxygen atoms in total. The summed E-state index contributed by atoms with van der Waals surface area (Å²) in [5.41, 5.74) is 6.49. The number of imide groups is 1. The van der Waals surface area contributed by atoms with Crippen LogP contribution in [0.3, 0.4) is 0 Å². The summed E-state index contributed by atoms with van der Waals surface area (Å²) in [6, 6.07) is 3.96. The van der Waals surface area contributed by atoms with Crippen molar-refractivity contribution in [2.24, 2.45) is 10.7 Å². The van der Waals surface area contributed by atoms with E-state index in [1.165, 1.54) is 9.80 Å². The van der Waals surface area contributed by atoms with E-state index < -0.39 is 18.2 Å². The fourth-order valence-corrected chi connectivity index (χ4v) is 3.08. The molecule has 2 unspecified atom stereocenters. The van der Waals surface area contributed by atoms with E-state index in [-0.39, 0.29) is 18.4 Å². The number of fused-ring (bicyclic) bond motifs is 1. The van der Waals surface area contributed by atoms with E-state index in [1.54, 1.807) is 37.2 Å². The number of rotatable bonds is 2. The quantitative estimate of drug-likeness (QED) is 0.867. The third-order valence-electron chi connectivity index (χ3n) is 4.10. The van der Waals surface area contributed by atoms with Gasteiger partial charge in [-0.15, -0.1) is 0 Å². The van der Waals surface area contributed by atoms with Crippen LogP contribution in [0.15, 0.2) is 23.2 Å². The third kappa shape index (κ3) is 2.49. The molecule has 2 N–H and O–H groups in total. The van der Waals surface area contributed by atoms with Gasteiger partial charge in [0.1, 0.15) is 0 Å². The van der Waals surface area contributed by atoms with Gasteiger partial charge >= 0.3 is 6.03 Å². The SMILES string of the molecule is CN1C(=O)N(Cc2ccc(Cl)c(Cl)c2)C(=O)C2C1N=C(N)N2C. The number of hydrogen-bond donors (Lipinski definition) is 1. The van der Waals surface area contributed by atoms with Crippen molar-refractivity contribution in [3.05, 3.63) is 33.8 Å². The van der Waals surface area contributed by atoms with Crippen molar-refractivity contribution in [1.29, 1.82) is 0 Å². The van der Waals surface area contributed by atoms with Crippen molar-refractivity contribution >= 4 is 41.1 Å². The van der Waals surface area contributed by atoms with Crippen LogP contribution in [-0.4, -0.2) is 58.9 Å². The van der Waals surface area contributed by atoms with Crippen molar-refractivity contribution in [3.8, 4) is 0 Å². The lowest BCUT2D eigenvalue weighted by molar-refractivity contribution is -0.137. The van der Waals surface area contributed by atoms with Gasteiger partial charge < -0.3 is 15.5 Å². The molecule has 2 aliphatic rings. The molecule has 1 aromatic carbocycles. The van der Waals surface area contributed by atoms with Crippen LogP contribution in [0, 0.1) is 0 Å². The zero-order valence-electron chi connectivity index (χ0n) is 12.5. The Kier molecular flexibility index (Phi) is 3.85. The number of carbonyl (C=O) groups excluding carboxylic acids is 2. The molecule has 1 aromatic rings. The average Bonchev–Trinajstić information content (AvgIpc) is 2.81. The van der Waals surface area contributed by atoms with Gasteiger partial charge in [-0.05, 0) is 17.7 Å². The molecular weight excluding hydrogens is 341 g/mol. The van der Waals surface area contributed by atoms with Gasteiger partial charge in [0, 0.05) is 14.1 Å². The second kappa shape index (κ2) is 5.58. The summed E-state index contributed by atoms with van der Waals surface area (Å²) < 4.78 is 0. The van der Waals surface area contributed by atoms with Crippen LogP contribution in [0.4, 0.5) is 4.79 Å². The van der Waals surface area contributed by atoms with Gasteiger partial charge in [0.05, 0.1) is 16.6 Å². The van der Waals surface area contributed by atoms with E-state index in [1.807, 2.05) is 0 Å². The number of urea groups is 1. The van der Waals surface area contributed by atoms with Crippen molar-refractivity contribution in [2.75, 3.05) is 14.1 Å². The molecule has 0 spiro atoms. The van der Waals surface area contributed by atoms with Crippen molar-refractivity contribution in [1.82, 2.24) is 14.7 Å². The summed E-state index contributed by atoms with van der Waals surface area (Å²) in [4.78, 5) is 33.6. The molecule has 1 saturated heterocycles. The maximum absolute atomic E-state index is 12.7. The van der Waals surface area contributed by atoms with Gasteiger partial charge in [-0.2, -0.15) is 0 Å². The Morgan fingerprint density at radius 3 is 2.52 bits per heavy atom. The lowest BCUT2D eigenvalue weighted by atomic mass is 10.1. The molecule has 9 heteroatoms. The normalized spacial score (nSPS) is 24.2. The predicted molar refractivity (Wildman–Crippen MR) is 87.1 cm³/mol. The fraction of sp³-hybridized carbons (Fsp3) is 0.357. The molecule has 0 aromatic heterocycles. The standard InChI is InChI=1S/C14H15Cl2N5O2/c1-19-10-11(18-13(19)17)20(2)14(23)21(12(10)22)6-7-3-4-8(15)9(16)5-7/h3-5,10-11H,6H2,1-2H3,(H2,17,18). The zero-order valence-corrected chi connectivity index (χ0v) is 14.0. The Morgan fingerprint density at radius 2 is 1.87 bits per heavy atom. The summed E-state index contributed by atoms with van der Waals surface area (Å²) in [5.74, 6) is -0.0970. The van der Waals surface area contributed by atoms with Gasteiger partial charge in [0.15, 0.2) is 18.2 Å². The van der Waals surface area contributed by atoms with Crippen LogP contribution >= 0.6 is 23.2 Å². The first-order chi connectivity index (χ1) is 10.8. The molecule has 2 atom stereocenters. The Hall–Kier alpha value is -1.99. The second-order valence-electron chi connectivity index (χ2n) is 5.52. The highest BCUT2D eigenvalue weighted by molar-refractivity contribution is 6.42. The Balaban J connectivity index is 1.89. The maximum Gasteiger partial charge on any atom is 0.328 e. The highest BCUT2D eigenvalue weighted by Gasteiger charge is 2.50. The number of guanidine groups is 1. The monoisotopic (exact) mass is 355 g/mol. The van der Waals surface area contributed by atoms with E-state index in [4.69, 9.17) is 28.9 Å². The summed E-state index contributed by atoms with van der Waals surface area (Å²) in [7, 11) is 3.28. The minimum absolute atomic E-state index is 0.107. The van der Waals surface area contributed by atoms with E-state index in [0.717, 1.165) is 0 Å². The Morgan fingerprint density at radius 1 is 1.17 bits per heavy atom. The van der Waals surface area contributed by atoms with Gasteiger partial charge in [-0.1, -0.05) is 29.3 Å². The van der Waals surface area contributed by atoms with Gasteiger partial charge in [-0.25, -0.2) is 9.79 Å². The lowest BCUT2D eigenvalue weighted by Gasteiger charge is -2.40. The van der Waals surface area contributed by atoms with E-state index in [2.05, 4.69) is 4.99 Å². The third-order valence-corrected chi connectivity index (χ3v) is 4.84. The number of likely N-dealkylation sites (N-methyl/N-ethyl adjacent to an activating group) is 2. The molecule has 0 radical (unpaired) electrons. The molecule has 2 aliphatic heterocycles. The molecule has 3 amide bonds. The van der Waals surface area contributed by atoms with E-state index in [9.17, 15) is 9.59 Å². The van der Waals surface area contributed by atoms with Crippen LogP contribution < -0.4 is 5.73 Å². The second-order valence-corrected chi connectivity index (χ2v) is 6.34. The molecule has 1 fully saturated rings. The number of amides is 3. The number of halogens is 2. The number of nitrogens with two attached hydrogens (primary N) is 1. The van der Waals surface area contributed by atoms with Crippen LogP contribution in [0.2, 0.25) is 10.0 Å². The average molecular weight is 356 g/mol. The summed E-state index contributed by atoms with van der Waals surface area (Å²) in [6.07, 6.45) is -0.593. The molecular formula is C14H15Cl2N5O2. The van der Waals surface area contributed by atoms with Crippen molar-refractivity contribution in [3.63, 3.8) is 0 Å². The number of benzene rings is 1. The first-order valence-electron chi connectivity index (χ1n) is 6.89. The minimum atomic E-state index is -0.611. The van der Waals surface area contributed by atoms with Crippen LogP contribution in [0.5, 0.6) is 0 Å². The topological polar surface area (TPSA) is 82.2 Å². The smallest absolute Gasteiger partial charge is 0.328 e. The summed E-state index contributed by atoms with van der Waals surface area (Å²) in [6.45, 7) is 0.107. The molecule has 2 heterocycles. The predicted octanol–water partition coefficient (Wildman–Crippen LogP) is 1.34. The van der Waals surface area contributed by atoms with Gasteiger partial charge in [0.2, 0.25) is 0 Å². The van der Waals surface area contributed by atoms with Crippen LogP contribution in [-0.2, 0) is 11.3 Å².